The molecule has 0 aliphatic heterocycles. The molecule has 5 nitrogen and oxygen atoms in total. The van der Waals surface area contributed by atoms with Crippen molar-refractivity contribution in [2.75, 3.05) is 12.3 Å². The van der Waals surface area contributed by atoms with Crippen LogP contribution in [0, 0.1) is 0 Å². The number of pyridine rings is 1. The van der Waals surface area contributed by atoms with Crippen LogP contribution in [-0.2, 0) is 17.5 Å². The largest absolute Gasteiger partial charge is 0.417 e. The van der Waals surface area contributed by atoms with E-state index in [1.54, 1.807) is 4.90 Å². The van der Waals surface area contributed by atoms with E-state index in [0.29, 0.717) is 18.7 Å². The molecule has 0 saturated carbocycles. The summed E-state index contributed by atoms with van der Waals surface area (Å²) in [4.78, 5) is 14.2. The summed E-state index contributed by atoms with van der Waals surface area (Å²) in [6.07, 6.45) is -3.51. The number of alkyl halides is 3. The fourth-order valence-corrected chi connectivity index (χ4v) is 3.35. The number of thioether (sulfide) groups is 1. The quantitative estimate of drug-likeness (QED) is 0.595. The number of fused-ring (bicyclic) bond motifs is 1. The maximum absolute atomic E-state index is 12.9. The van der Waals surface area contributed by atoms with Gasteiger partial charge in [0, 0.05) is 19.3 Å². The number of rotatable bonds is 6. The van der Waals surface area contributed by atoms with Crippen molar-refractivity contribution >= 4 is 23.3 Å². The topological polar surface area (TPSA) is 50.5 Å². The van der Waals surface area contributed by atoms with Crippen LogP contribution >= 0.6 is 11.8 Å². The van der Waals surface area contributed by atoms with Crippen LogP contribution in [0.15, 0.2) is 53.8 Å². The summed E-state index contributed by atoms with van der Waals surface area (Å²) in [5, 5.41) is 8.00. The minimum atomic E-state index is -4.45. The van der Waals surface area contributed by atoms with Gasteiger partial charge in [-0.25, -0.2) is 0 Å². The summed E-state index contributed by atoms with van der Waals surface area (Å²) < 4.78 is 40.0. The number of hydrogen-bond acceptors (Lipinski definition) is 4. The zero-order chi connectivity index (χ0) is 19.4. The molecule has 0 bridgehead atoms. The number of nitrogens with zero attached hydrogens (tertiary/aromatic N) is 4. The number of carbonyl (C=O) groups is 1. The van der Waals surface area contributed by atoms with E-state index in [1.807, 2.05) is 37.3 Å². The molecule has 0 fully saturated rings. The van der Waals surface area contributed by atoms with Gasteiger partial charge in [0.15, 0.2) is 10.8 Å². The second-order valence-electron chi connectivity index (χ2n) is 5.81. The van der Waals surface area contributed by atoms with Crippen molar-refractivity contribution in [1.29, 1.82) is 0 Å². The highest BCUT2D eigenvalue weighted by atomic mass is 32.2. The molecule has 0 N–H and O–H groups in total. The van der Waals surface area contributed by atoms with Gasteiger partial charge in [-0.3, -0.25) is 9.20 Å². The van der Waals surface area contributed by atoms with Gasteiger partial charge in [0.05, 0.1) is 11.3 Å². The summed E-state index contributed by atoms with van der Waals surface area (Å²) in [6.45, 7) is 2.90. The van der Waals surface area contributed by atoms with Crippen LogP contribution in [0.25, 0.3) is 5.65 Å². The van der Waals surface area contributed by atoms with E-state index in [9.17, 15) is 18.0 Å². The van der Waals surface area contributed by atoms with Crippen LogP contribution in [0.1, 0.15) is 18.1 Å². The van der Waals surface area contributed by atoms with Crippen LogP contribution in [0.4, 0.5) is 13.2 Å². The molecule has 0 atom stereocenters. The van der Waals surface area contributed by atoms with Crippen LogP contribution in [0.3, 0.4) is 0 Å². The van der Waals surface area contributed by atoms with Gasteiger partial charge in [-0.1, -0.05) is 42.1 Å². The summed E-state index contributed by atoms with van der Waals surface area (Å²) in [6, 6.07) is 11.8. The molecule has 3 aromatic rings. The number of hydrogen-bond donors (Lipinski definition) is 0. The molecule has 9 heteroatoms. The third-order valence-corrected chi connectivity index (χ3v) is 4.90. The minimum absolute atomic E-state index is 0.0672. The van der Waals surface area contributed by atoms with E-state index in [-0.39, 0.29) is 16.8 Å². The first-order chi connectivity index (χ1) is 12.9. The lowest BCUT2D eigenvalue weighted by molar-refractivity contribution is -0.138. The van der Waals surface area contributed by atoms with Gasteiger partial charge < -0.3 is 4.90 Å². The zero-order valence-corrected chi connectivity index (χ0v) is 15.3. The normalized spacial score (nSPS) is 11.7. The fourth-order valence-electron chi connectivity index (χ4n) is 2.53. The molecule has 2 heterocycles. The Balaban J connectivity index is 1.71. The Morgan fingerprint density at radius 1 is 1.15 bits per heavy atom. The Labute approximate surface area is 158 Å². The predicted octanol–water partition coefficient (Wildman–Crippen LogP) is 3.89. The molecule has 0 saturated heterocycles. The second-order valence-corrected chi connectivity index (χ2v) is 6.75. The van der Waals surface area contributed by atoms with Gasteiger partial charge in [0.1, 0.15) is 0 Å². The van der Waals surface area contributed by atoms with Crippen molar-refractivity contribution in [2.24, 2.45) is 0 Å². The summed E-state index contributed by atoms with van der Waals surface area (Å²) in [5.74, 6) is -0.0485. The number of carbonyl (C=O) groups excluding carboxylic acids is 1. The molecule has 0 radical (unpaired) electrons. The van der Waals surface area contributed by atoms with Gasteiger partial charge in [0.2, 0.25) is 5.91 Å². The standard InChI is InChI=1S/C18H17F3N4OS/c1-2-24(10-13-6-4-3-5-7-13)16(26)12-27-17-23-22-15-9-8-14(11-25(15)17)18(19,20)21/h3-9,11H,2,10,12H2,1H3. The molecular weight excluding hydrogens is 377 g/mol. The summed E-state index contributed by atoms with van der Waals surface area (Å²) >= 11 is 1.07. The molecule has 3 rings (SSSR count). The van der Waals surface area contributed by atoms with Crippen LogP contribution in [-0.4, -0.2) is 37.7 Å². The Morgan fingerprint density at radius 2 is 1.89 bits per heavy atom. The Bertz CT molecular complexity index is 927. The molecular formula is C18H17F3N4OS. The Hall–Kier alpha value is -2.55. The van der Waals surface area contributed by atoms with E-state index in [0.717, 1.165) is 29.6 Å². The molecule has 0 unspecified atom stereocenters. The smallest absolute Gasteiger partial charge is 0.338 e. The lowest BCUT2D eigenvalue weighted by atomic mass is 10.2. The van der Waals surface area contributed by atoms with E-state index in [2.05, 4.69) is 10.2 Å². The molecule has 1 amide bonds. The third kappa shape index (κ3) is 4.60. The zero-order valence-electron chi connectivity index (χ0n) is 14.5. The van der Waals surface area contributed by atoms with E-state index in [4.69, 9.17) is 0 Å². The van der Waals surface area contributed by atoms with Gasteiger partial charge in [0.25, 0.3) is 0 Å². The fraction of sp³-hybridized carbons (Fsp3) is 0.278. The van der Waals surface area contributed by atoms with E-state index < -0.39 is 11.7 Å². The number of aromatic nitrogens is 3. The van der Waals surface area contributed by atoms with Crippen molar-refractivity contribution < 1.29 is 18.0 Å². The van der Waals surface area contributed by atoms with Crippen molar-refractivity contribution in [3.8, 4) is 0 Å². The maximum atomic E-state index is 12.9. The van der Waals surface area contributed by atoms with Gasteiger partial charge >= 0.3 is 6.18 Å². The summed E-state index contributed by atoms with van der Waals surface area (Å²) in [5.41, 5.74) is 0.525. The number of benzene rings is 1. The minimum Gasteiger partial charge on any atom is -0.338 e. The molecule has 1 aromatic carbocycles. The van der Waals surface area contributed by atoms with Crippen molar-refractivity contribution in [2.45, 2.75) is 24.8 Å². The molecule has 2 aromatic heterocycles. The average molecular weight is 394 g/mol. The Kier molecular flexibility index (Phi) is 5.69. The van der Waals surface area contributed by atoms with Crippen molar-refractivity contribution in [1.82, 2.24) is 19.5 Å². The van der Waals surface area contributed by atoms with Crippen molar-refractivity contribution in [3.05, 3.63) is 59.8 Å². The Morgan fingerprint density at radius 3 is 2.56 bits per heavy atom. The van der Waals surface area contributed by atoms with Gasteiger partial charge in [-0.2, -0.15) is 13.2 Å². The lowest BCUT2D eigenvalue weighted by Gasteiger charge is -2.20. The maximum Gasteiger partial charge on any atom is 0.417 e. The molecule has 142 valence electrons. The molecule has 0 aliphatic rings. The average Bonchev–Trinajstić information content (AvgIpc) is 3.06. The van der Waals surface area contributed by atoms with Gasteiger partial charge in [-0.05, 0) is 24.6 Å². The third-order valence-electron chi connectivity index (χ3n) is 3.97. The highest BCUT2D eigenvalue weighted by Gasteiger charge is 2.31. The number of amides is 1. The molecule has 27 heavy (non-hydrogen) atoms. The monoisotopic (exact) mass is 394 g/mol. The molecule has 0 aliphatic carbocycles. The predicted molar refractivity (Wildman–Crippen MR) is 96.2 cm³/mol. The highest BCUT2D eigenvalue weighted by molar-refractivity contribution is 7.99. The van der Waals surface area contributed by atoms with Crippen LogP contribution in [0.5, 0.6) is 0 Å². The number of halogens is 3. The molecule has 0 spiro atoms. The SMILES string of the molecule is CCN(Cc1ccccc1)C(=O)CSc1nnc2ccc(C(F)(F)F)cn12. The first-order valence-corrected chi connectivity index (χ1v) is 9.23. The first kappa shape index (κ1) is 19.2. The van der Waals surface area contributed by atoms with Crippen LogP contribution in [0.2, 0.25) is 0 Å². The lowest BCUT2D eigenvalue weighted by Crippen LogP contribution is -2.31. The van der Waals surface area contributed by atoms with Crippen LogP contribution < -0.4 is 0 Å². The summed E-state index contributed by atoms with van der Waals surface area (Å²) in [7, 11) is 0. The second kappa shape index (κ2) is 7.99. The van der Waals surface area contributed by atoms with E-state index in [1.165, 1.54) is 10.5 Å². The van der Waals surface area contributed by atoms with Gasteiger partial charge in [-0.15, -0.1) is 10.2 Å². The highest BCUT2D eigenvalue weighted by Crippen LogP contribution is 2.30. The van der Waals surface area contributed by atoms with Crippen molar-refractivity contribution in [3.63, 3.8) is 0 Å². The first-order valence-electron chi connectivity index (χ1n) is 8.25. The van der Waals surface area contributed by atoms with E-state index >= 15 is 0 Å².